The third-order valence-electron chi connectivity index (χ3n) is 5.91. The molecule has 3 N–H and O–H groups in total. The van der Waals surface area contributed by atoms with E-state index in [0.717, 1.165) is 23.3 Å². The van der Waals surface area contributed by atoms with E-state index in [4.69, 9.17) is 17.0 Å². The highest BCUT2D eigenvalue weighted by molar-refractivity contribution is 7.80. The highest BCUT2D eigenvalue weighted by Gasteiger charge is 2.52. The van der Waals surface area contributed by atoms with Crippen molar-refractivity contribution in [2.45, 2.75) is 25.3 Å². The molecule has 132 valence electrons. The Labute approximate surface area is 153 Å². The molecule has 5 nitrogen and oxygen atoms in total. The molecule has 5 atom stereocenters. The highest BCUT2D eigenvalue weighted by Crippen LogP contribution is 2.56. The summed E-state index contributed by atoms with van der Waals surface area (Å²) in [5.41, 5.74) is 3.72. The number of nitrogens with one attached hydrogen (secondary N) is 2. The predicted octanol–water partition coefficient (Wildman–Crippen LogP) is 2.80. The Balaban J connectivity index is 1.30. The van der Waals surface area contributed by atoms with E-state index in [0.29, 0.717) is 22.8 Å². The van der Waals surface area contributed by atoms with Crippen molar-refractivity contribution in [3.05, 3.63) is 35.9 Å². The minimum atomic E-state index is 0.111. The molecule has 1 aromatic carbocycles. The fourth-order valence-electron chi connectivity index (χ4n) is 4.85. The predicted molar refractivity (Wildman–Crippen MR) is 102 cm³/mol. The number of nitrogens with zero attached hydrogens (tertiary/aromatic N) is 1. The molecule has 0 heterocycles. The first kappa shape index (κ1) is 16.4. The lowest BCUT2D eigenvalue weighted by Gasteiger charge is -2.32. The van der Waals surface area contributed by atoms with Crippen LogP contribution in [0.5, 0.6) is 11.5 Å². The van der Waals surface area contributed by atoms with Gasteiger partial charge in [0.25, 0.3) is 0 Å². The number of rotatable bonds is 4. The molecule has 0 aromatic heterocycles. The highest BCUT2D eigenvalue weighted by atomic mass is 32.1. The summed E-state index contributed by atoms with van der Waals surface area (Å²) >= 11 is 5.39. The van der Waals surface area contributed by atoms with Gasteiger partial charge in [-0.2, -0.15) is 5.10 Å². The largest absolute Gasteiger partial charge is 0.504 e. The lowest BCUT2D eigenvalue weighted by atomic mass is 9.79. The Hall–Kier alpha value is -2.08. The van der Waals surface area contributed by atoms with Gasteiger partial charge in [-0.25, -0.2) is 0 Å². The van der Waals surface area contributed by atoms with Crippen LogP contribution in [-0.4, -0.2) is 29.6 Å². The van der Waals surface area contributed by atoms with Crippen LogP contribution < -0.4 is 15.5 Å². The number of ether oxygens (including phenoxy) is 1. The number of hydrogen-bond acceptors (Lipinski definition) is 4. The number of hydrogen-bond donors (Lipinski definition) is 3. The Morgan fingerprint density at radius 3 is 3.08 bits per heavy atom. The van der Waals surface area contributed by atoms with E-state index >= 15 is 0 Å². The first-order valence-corrected chi connectivity index (χ1v) is 9.20. The van der Waals surface area contributed by atoms with Gasteiger partial charge in [-0.05, 0) is 78.9 Å². The number of fused-ring (bicyclic) bond motifs is 5. The topological polar surface area (TPSA) is 65.9 Å². The first-order chi connectivity index (χ1) is 12.2. The molecule has 0 unspecified atom stereocenters. The Morgan fingerprint density at radius 1 is 1.36 bits per heavy atom. The molecule has 2 saturated carbocycles. The molecule has 0 amide bonds. The zero-order valence-electron chi connectivity index (χ0n) is 14.2. The molecule has 2 bridgehead atoms. The van der Waals surface area contributed by atoms with Crippen LogP contribution in [0, 0.1) is 23.7 Å². The number of methoxy groups -OCH3 is 1. The quantitative estimate of drug-likeness (QED) is 0.335. The maximum absolute atomic E-state index is 9.60. The number of phenols is 1. The molecule has 2 fully saturated rings. The van der Waals surface area contributed by atoms with Crippen LogP contribution in [0.25, 0.3) is 0 Å². The lowest BCUT2D eigenvalue weighted by molar-refractivity contribution is 0.246. The van der Waals surface area contributed by atoms with Crippen molar-refractivity contribution in [3.8, 4) is 11.5 Å². The van der Waals surface area contributed by atoms with Crippen LogP contribution in [0.3, 0.4) is 0 Å². The first-order valence-electron chi connectivity index (χ1n) is 8.79. The van der Waals surface area contributed by atoms with Crippen molar-refractivity contribution in [3.63, 3.8) is 0 Å². The van der Waals surface area contributed by atoms with Crippen LogP contribution in [0.15, 0.2) is 35.5 Å². The summed E-state index contributed by atoms with van der Waals surface area (Å²) in [6.45, 7) is 0. The van der Waals surface area contributed by atoms with Crippen molar-refractivity contribution in [1.29, 1.82) is 0 Å². The van der Waals surface area contributed by atoms with Crippen molar-refractivity contribution >= 4 is 23.5 Å². The molecule has 1 aromatic rings. The molecule has 6 heteroatoms. The third-order valence-corrected chi connectivity index (χ3v) is 6.12. The summed E-state index contributed by atoms with van der Waals surface area (Å²) < 4.78 is 5.09. The van der Waals surface area contributed by atoms with Gasteiger partial charge in [-0.15, -0.1) is 0 Å². The molecule has 25 heavy (non-hydrogen) atoms. The van der Waals surface area contributed by atoms with Crippen molar-refractivity contribution in [1.82, 2.24) is 10.7 Å². The fraction of sp³-hybridized carbons (Fsp3) is 0.474. The Kier molecular flexibility index (Phi) is 4.37. The number of thiocarbonyl (C=S) groups is 1. The number of allylic oxidation sites excluding steroid dienone is 2. The third kappa shape index (κ3) is 3.11. The van der Waals surface area contributed by atoms with Crippen LogP contribution in [0.1, 0.15) is 24.8 Å². The monoisotopic (exact) mass is 357 g/mol. The van der Waals surface area contributed by atoms with Gasteiger partial charge in [0.05, 0.1) is 13.3 Å². The van der Waals surface area contributed by atoms with E-state index < -0.39 is 0 Å². The van der Waals surface area contributed by atoms with Gasteiger partial charge in [0.2, 0.25) is 0 Å². The van der Waals surface area contributed by atoms with Crippen LogP contribution >= 0.6 is 12.2 Å². The van der Waals surface area contributed by atoms with Crippen LogP contribution in [0.2, 0.25) is 0 Å². The van der Waals surface area contributed by atoms with Crippen LogP contribution in [0.4, 0.5) is 0 Å². The summed E-state index contributed by atoms with van der Waals surface area (Å²) in [4.78, 5) is 0. The number of phenolic OH excluding ortho intramolecular Hbond substituents is 1. The van der Waals surface area contributed by atoms with Crippen LogP contribution in [-0.2, 0) is 0 Å². The van der Waals surface area contributed by atoms with Gasteiger partial charge in [0.15, 0.2) is 16.6 Å². The molecule has 0 aliphatic heterocycles. The van der Waals surface area contributed by atoms with E-state index in [1.54, 1.807) is 24.4 Å². The molecule has 0 saturated heterocycles. The fourth-order valence-corrected chi connectivity index (χ4v) is 5.06. The van der Waals surface area contributed by atoms with E-state index in [1.165, 1.54) is 26.4 Å². The maximum Gasteiger partial charge on any atom is 0.187 e. The number of benzene rings is 1. The molecule has 3 aliphatic carbocycles. The second-order valence-corrected chi connectivity index (χ2v) is 7.59. The zero-order valence-corrected chi connectivity index (χ0v) is 15.0. The van der Waals surface area contributed by atoms with E-state index in [1.807, 2.05) is 0 Å². The van der Waals surface area contributed by atoms with E-state index in [-0.39, 0.29) is 5.75 Å². The lowest BCUT2D eigenvalue weighted by Crippen LogP contribution is -2.45. The number of hydrazone groups is 1. The van der Waals surface area contributed by atoms with Gasteiger partial charge in [-0.3, -0.25) is 5.43 Å². The summed E-state index contributed by atoms with van der Waals surface area (Å²) in [6, 6.07) is 5.52. The SMILES string of the molecule is COc1cc(/C=N\NC(=S)N[C@H]2C[C@H]3C[C@@H]2[C@@H]2C=CC[C@@H]32)ccc1O. The van der Waals surface area contributed by atoms with E-state index in [9.17, 15) is 5.11 Å². The average Bonchev–Trinajstić information content (AvgIpc) is 3.29. The zero-order chi connectivity index (χ0) is 17.4. The maximum atomic E-state index is 9.60. The molecular weight excluding hydrogens is 334 g/mol. The van der Waals surface area contributed by atoms with Crippen molar-refractivity contribution < 1.29 is 9.84 Å². The van der Waals surface area contributed by atoms with Crippen molar-refractivity contribution in [2.24, 2.45) is 28.8 Å². The van der Waals surface area contributed by atoms with Crippen molar-refractivity contribution in [2.75, 3.05) is 7.11 Å². The second-order valence-electron chi connectivity index (χ2n) is 7.18. The van der Waals surface area contributed by atoms with E-state index in [2.05, 4.69) is 28.0 Å². The molecule has 4 rings (SSSR count). The second kappa shape index (κ2) is 6.67. The summed E-state index contributed by atoms with van der Waals surface area (Å²) in [6.07, 6.45) is 10.2. The standard InChI is InChI=1S/C19H23N3O2S/c1-24-18-7-11(5-6-17(18)23)10-20-22-19(25)21-16-9-12-8-15(16)14-4-2-3-13(12)14/h2,4-7,10,12-16,23H,3,8-9H2,1H3,(H2,21,22,25)/b20-10-/t12-,13+,14-,15-,16+/m1/s1. The molecule has 0 spiro atoms. The van der Waals surface area contributed by atoms with Gasteiger partial charge in [0, 0.05) is 6.04 Å². The smallest absolute Gasteiger partial charge is 0.187 e. The normalized spacial score (nSPS) is 32.1. The van der Waals surface area contributed by atoms with Gasteiger partial charge in [0.1, 0.15) is 0 Å². The molecule has 0 radical (unpaired) electrons. The molecular formula is C19H23N3O2S. The van der Waals surface area contributed by atoms with Gasteiger partial charge in [-0.1, -0.05) is 12.2 Å². The summed E-state index contributed by atoms with van der Waals surface area (Å²) in [5.74, 6) is 3.71. The number of aromatic hydroxyl groups is 1. The average molecular weight is 357 g/mol. The molecule has 3 aliphatic rings. The van der Waals surface area contributed by atoms with Gasteiger partial charge >= 0.3 is 0 Å². The Morgan fingerprint density at radius 2 is 2.24 bits per heavy atom. The summed E-state index contributed by atoms with van der Waals surface area (Å²) in [5, 5.41) is 17.8. The minimum Gasteiger partial charge on any atom is -0.504 e. The summed E-state index contributed by atoms with van der Waals surface area (Å²) in [7, 11) is 1.52. The van der Waals surface area contributed by atoms with Gasteiger partial charge < -0.3 is 15.2 Å². The minimum absolute atomic E-state index is 0.111. The Bertz CT molecular complexity index is 733.